The molecule has 0 radical (unpaired) electrons. The van der Waals surface area contributed by atoms with Gasteiger partial charge in [0.1, 0.15) is 5.82 Å². The van der Waals surface area contributed by atoms with Gasteiger partial charge in [-0.05, 0) is 98.5 Å². The second kappa shape index (κ2) is 8.63. The zero-order chi connectivity index (χ0) is 24.9. The summed E-state index contributed by atoms with van der Waals surface area (Å²) in [7, 11) is 0. The molecular formula is C30H30FN3O2. The smallest absolute Gasteiger partial charge is 0.163 e. The molecule has 5 nitrogen and oxygen atoms in total. The van der Waals surface area contributed by atoms with Gasteiger partial charge in [-0.15, -0.1) is 0 Å². The van der Waals surface area contributed by atoms with Crippen LogP contribution in [0.4, 0.5) is 4.39 Å². The minimum absolute atomic E-state index is 0.133. The third-order valence-electron chi connectivity index (χ3n) is 8.66. The van der Waals surface area contributed by atoms with E-state index < -0.39 is 5.60 Å². The van der Waals surface area contributed by atoms with E-state index in [0.717, 1.165) is 52.7 Å². The minimum atomic E-state index is -0.691. The van der Waals surface area contributed by atoms with E-state index in [0.29, 0.717) is 25.7 Å². The Bertz CT molecular complexity index is 1430. The highest BCUT2D eigenvalue weighted by atomic mass is 19.1. The van der Waals surface area contributed by atoms with E-state index in [1.54, 1.807) is 16.8 Å². The summed E-state index contributed by atoms with van der Waals surface area (Å²) in [6.45, 7) is 2.05. The number of benzene rings is 2. The van der Waals surface area contributed by atoms with Crippen molar-refractivity contribution in [3.63, 3.8) is 0 Å². The minimum Gasteiger partial charge on any atom is -0.390 e. The van der Waals surface area contributed by atoms with Gasteiger partial charge in [0.2, 0.25) is 0 Å². The zero-order valence-corrected chi connectivity index (χ0v) is 20.5. The Morgan fingerprint density at radius 3 is 2.72 bits per heavy atom. The summed E-state index contributed by atoms with van der Waals surface area (Å²) < 4.78 is 15.3. The Balaban J connectivity index is 1.54. The van der Waals surface area contributed by atoms with E-state index in [-0.39, 0.29) is 22.9 Å². The first kappa shape index (κ1) is 23.0. The highest BCUT2D eigenvalue weighted by molar-refractivity contribution is 6.02. The van der Waals surface area contributed by atoms with Crippen molar-refractivity contribution in [1.29, 1.82) is 0 Å². The van der Waals surface area contributed by atoms with Crippen LogP contribution in [0.25, 0.3) is 16.6 Å². The van der Waals surface area contributed by atoms with Gasteiger partial charge in [0.05, 0.1) is 23.0 Å². The van der Waals surface area contributed by atoms with Crippen LogP contribution in [0, 0.1) is 11.7 Å². The van der Waals surface area contributed by atoms with Crippen molar-refractivity contribution in [2.45, 2.75) is 62.9 Å². The number of nitrogens with zero attached hydrogens (tertiary/aromatic N) is 3. The van der Waals surface area contributed by atoms with Crippen LogP contribution in [0.15, 0.2) is 67.0 Å². The first-order valence-electron chi connectivity index (χ1n) is 12.8. The Morgan fingerprint density at radius 1 is 1.14 bits per heavy atom. The lowest BCUT2D eigenvalue weighted by atomic mass is 9.56. The van der Waals surface area contributed by atoms with Gasteiger partial charge >= 0.3 is 0 Å². The maximum Gasteiger partial charge on any atom is 0.163 e. The van der Waals surface area contributed by atoms with Gasteiger partial charge in [-0.2, -0.15) is 5.10 Å². The number of aliphatic hydroxyl groups is 1. The summed E-state index contributed by atoms with van der Waals surface area (Å²) in [4.78, 5) is 18.2. The largest absolute Gasteiger partial charge is 0.390 e. The fourth-order valence-corrected chi connectivity index (χ4v) is 6.57. The van der Waals surface area contributed by atoms with Crippen LogP contribution in [-0.4, -0.2) is 31.3 Å². The van der Waals surface area contributed by atoms with Crippen LogP contribution < -0.4 is 0 Å². The summed E-state index contributed by atoms with van der Waals surface area (Å²) >= 11 is 0. The van der Waals surface area contributed by atoms with Crippen molar-refractivity contribution >= 4 is 16.7 Å². The van der Waals surface area contributed by atoms with Gasteiger partial charge in [0.15, 0.2) is 5.78 Å². The molecule has 36 heavy (non-hydrogen) atoms. The first-order chi connectivity index (χ1) is 17.4. The molecular weight excluding hydrogens is 453 g/mol. The van der Waals surface area contributed by atoms with E-state index in [2.05, 4.69) is 29.1 Å². The molecule has 4 aromatic rings. The molecule has 2 heterocycles. The number of ketones is 1. The van der Waals surface area contributed by atoms with Crippen LogP contribution in [0.1, 0.15) is 67.1 Å². The lowest BCUT2D eigenvalue weighted by molar-refractivity contribution is -0.0498. The van der Waals surface area contributed by atoms with Gasteiger partial charge < -0.3 is 5.11 Å². The van der Waals surface area contributed by atoms with Gasteiger partial charge in [-0.25, -0.2) is 9.07 Å². The first-order valence-corrected chi connectivity index (χ1v) is 12.8. The number of fused-ring (bicyclic) bond motifs is 4. The lowest BCUT2D eigenvalue weighted by Gasteiger charge is -2.50. The normalized spacial score (nSPS) is 25.9. The molecule has 6 heteroatoms. The molecule has 6 rings (SSSR count). The molecule has 1 fully saturated rings. The number of pyridine rings is 1. The SMILES string of the molecule is CC[C@@]1(O)CC[C@@]2(Cc3ccccn3)c3cc4cnn(-c5ccc(F)cc5)c4cc3C(=O)CC[C@H]2C1. The Kier molecular flexibility index (Phi) is 5.52. The monoisotopic (exact) mass is 483 g/mol. The summed E-state index contributed by atoms with van der Waals surface area (Å²) in [6, 6.07) is 16.3. The Hall–Kier alpha value is -3.38. The third kappa shape index (κ3) is 3.75. The maximum atomic E-state index is 13.6. The van der Waals surface area contributed by atoms with Crippen LogP contribution in [0.2, 0.25) is 0 Å². The summed E-state index contributed by atoms with van der Waals surface area (Å²) in [5.41, 5.74) is 3.41. The number of carbonyl (C=O) groups excluding carboxylic acids is 1. The number of rotatable bonds is 4. The number of hydrogen-bond acceptors (Lipinski definition) is 4. The molecule has 1 saturated carbocycles. The summed E-state index contributed by atoms with van der Waals surface area (Å²) in [5.74, 6) is 0.00712. The molecule has 0 bridgehead atoms. The third-order valence-corrected chi connectivity index (χ3v) is 8.66. The molecule has 0 spiro atoms. The van der Waals surface area contributed by atoms with Crippen molar-refractivity contribution in [2.75, 3.05) is 0 Å². The van der Waals surface area contributed by atoms with Gasteiger partial charge in [-0.3, -0.25) is 9.78 Å². The molecule has 3 atom stereocenters. The average Bonchev–Trinajstić information content (AvgIpc) is 3.28. The molecule has 184 valence electrons. The van der Waals surface area contributed by atoms with Gasteiger partial charge in [-0.1, -0.05) is 13.0 Å². The predicted molar refractivity (Wildman–Crippen MR) is 137 cm³/mol. The van der Waals surface area contributed by atoms with Crippen LogP contribution in [0.3, 0.4) is 0 Å². The molecule has 2 aromatic heterocycles. The molecule has 0 amide bonds. The fraction of sp³-hybridized carbons (Fsp3) is 0.367. The topological polar surface area (TPSA) is 68.0 Å². The fourth-order valence-electron chi connectivity index (χ4n) is 6.57. The number of Topliss-reactive ketones (excluding diaryl/α,β-unsaturated/α-hetero) is 1. The zero-order valence-electron chi connectivity index (χ0n) is 20.5. The predicted octanol–water partition coefficient (Wildman–Crippen LogP) is 5.96. The van der Waals surface area contributed by atoms with Crippen molar-refractivity contribution in [1.82, 2.24) is 14.8 Å². The summed E-state index contributed by atoms with van der Waals surface area (Å²) in [6.07, 6.45) is 8.50. The van der Waals surface area contributed by atoms with E-state index in [1.807, 2.05) is 30.6 Å². The average molecular weight is 484 g/mol. The number of hydrogen-bond donors (Lipinski definition) is 1. The number of halogens is 1. The summed E-state index contributed by atoms with van der Waals surface area (Å²) in [5, 5.41) is 16.8. The van der Waals surface area contributed by atoms with E-state index in [1.165, 1.54) is 12.1 Å². The van der Waals surface area contributed by atoms with Crippen molar-refractivity contribution in [3.05, 3.63) is 89.6 Å². The number of aromatic nitrogens is 3. The van der Waals surface area contributed by atoms with E-state index in [9.17, 15) is 14.3 Å². The van der Waals surface area contributed by atoms with Crippen LogP contribution >= 0.6 is 0 Å². The Morgan fingerprint density at radius 2 is 1.97 bits per heavy atom. The van der Waals surface area contributed by atoms with Gasteiger partial charge in [0, 0.05) is 34.7 Å². The molecule has 2 aromatic carbocycles. The van der Waals surface area contributed by atoms with Crippen molar-refractivity contribution < 1.29 is 14.3 Å². The standard InChI is InChI=1S/C30H30FN3O2/c1-2-29(36)12-13-30(18-23-5-3-4-14-32-23)21(17-29)6-11-28(35)25-16-27-20(15-26(25)30)19-33-34(27)24-9-7-22(31)8-10-24/h3-5,7-10,14-16,19,21,36H,2,6,11-13,17-18H2,1H3/t21-,29+,30-/m0/s1. The lowest BCUT2D eigenvalue weighted by Crippen LogP contribution is -2.49. The van der Waals surface area contributed by atoms with Crippen molar-refractivity contribution in [3.8, 4) is 5.69 Å². The quantitative estimate of drug-likeness (QED) is 0.389. The number of carbonyl (C=O) groups is 1. The highest BCUT2D eigenvalue weighted by Gasteiger charge is 2.51. The van der Waals surface area contributed by atoms with Crippen LogP contribution in [-0.2, 0) is 11.8 Å². The molecule has 0 saturated heterocycles. The second-order valence-corrected chi connectivity index (χ2v) is 10.6. The molecule has 0 aliphatic heterocycles. The van der Waals surface area contributed by atoms with E-state index >= 15 is 0 Å². The van der Waals surface area contributed by atoms with E-state index in [4.69, 9.17) is 0 Å². The highest BCUT2D eigenvalue weighted by Crippen LogP contribution is 2.54. The van der Waals surface area contributed by atoms with Crippen molar-refractivity contribution in [2.24, 2.45) is 5.92 Å². The second-order valence-electron chi connectivity index (χ2n) is 10.6. The molecule has 1 N–H and O–H groups in total. The maximum absolute atomic E-state index is 13.6. The molecule has 2 aliphatic rings. The Labute approximate surface area is 210 Å². The van der Waals surface area contributed by atoms with Crippen LogP contribution in [0.5, 0.6) is 0 Å². The molecule has 0 unspecified atom stereocenters. The van der Waals surface area contributed by atoms with Gasteiger partial charge in [0.25, 0.3) is 0 Å². The molecule has 2 aliphatic carbocycles.